The average molecular weight is 203 g/mol. The zero-order valence-electron chi connectivity index (χ0n) is 8.41. The van der Waals surface area contributed by atoms with E-state index >= 15 is 0 Å². The summed E-state index contributed by atoms with van der Waals surface area (Å²) < 4.78 is 0. The normalized spacial score (nSPS) is 14.2. The van der Waals surface area contributed by atoms with Crippen molar-refractivity contribution < 1.29 is 14.7 Å². The lowest BCUT2D eigenvalue weighted by Gasteiger charge is -2.14. The van der Waals surface area contributed by atoms with E-state index in [0.717, 1.165) is 0 Å². The highest BCUT2D eigenvalue weighted by Gasteiger charge is 2.13. The van der Waals surface area contributed by atoms with Gasteiger partial charge in [-0.15, -0.1) is 0 Å². The fourth-order valence-corrected chi connectivity index (χ4v) is 0.771. The Kier molecular flexibility index (Phi) is 5.62. The molecule has 0 spiro atoms. The SMILES string of the molecule is CC(CO)CNC(=O)C(C)NC(N)=O. The lowest BCUT2D eigenvalue weighted by molar-refractivity contribution is -0.122. The number of nitrogens with two attached hydrogens (primary N) is 1. The van der Waals surface area contributed by atoms with Gasteiger partial charge in [0.1, 0.15) is 6.04 Å². The first kappa shape index (κ1) is 12.7. The highest BCUT2D eigenvalue weighted by molar-refractivity contribution is 5.86. The van der Waals surface area contributed by atoms with Gasteiger partial charge in [0, 0.05) is 13.2 Å². The molecule has 2 atom stereocenters. The second kappa shape index (κ2) is 6.20. The number of nitrogens with one attached hydrogen (secondary N) is 2. The number of carbonyl (C=O) groups is 2. The van der Waals surface area contributed by atoms with Crippen molar-refractivity contribution in [3.8, 4) is 0 Å². The molecule has 82 valence electrons. The maximum Gasteiger partial charge on any atom is 0.312 e. The van der Waals surface area contributed by atoms with Crippen LogP contribution in [-0.4, -0.2) is 36.2 Å². The fraction of sp³-hybridized carbons (Fsp3) is 0.750. The van der Waals surface area contributed by atoms with Gasteiger partial charge in [0.05, 0.1) is 0 Å². The van der Waals surface area contributed by atoms with Gasteiger partial charge in [-0.25, -0.2) is 4.79 Å². The third-order valence-electron chi connectivity index (χ3n) is 1.69. The van der Waals surface area contributed by atoms with Crippen LogP contribution in [0.3, 0.4) is 0 Å². The predicted octanol–water partition coefficient (Wildman–Crippen LogP) is -1.21. The van der Waals surface area contributed by atoms with Gasteiger partial charge in [0.25, 0.3) is 0 Å². The number of urea groups is 1. The molecule has 0 aromatic rings. The maximum absolute atomic E-state index is 11.2. The minimum Gasteiger partial charge on any atom is -0.396 e. The molecule has 14 heavy (non-hydrogen) atoms. The molecule has 2 unspecified atom stereocenters. The number of aliphatic hydroxyl groups excluding tert-OH is 1. The minimum atomic E-state index is -0.733. The Morgan fingerprint density at radius 2 is 2.00 bits per heavy atom. The van der Waals surface area contributed by atoms with E-state index in [-0.39, 0.29) is 18.4 Å². The predicted molar refractivity (Wildman–Crippen MR) is 51.4 cm³/mol. The number of hydrogen-bond acceptors (Lipinski definition) is 3. The molecule has 0 heterocycles. The lowest BCUT2D eigenvalue weighted by atomic mass is 10.2. The highest BCUT2D eigenvalue weighted by atomic mass is 16.3. The monoisotopic (exact) mass is 203 g/mol. The minimum absolute atomic E-state index is 0.000252. The third-order valence-corrected chi connectivity index (χ3v) is 1.69. The van der Waals surface area contributed by atoms with Gasteiger partial charge in [0.15, 0.2) is 0 Å². The quantitative estimate of drug-likeness (QED) is 0.450. The standard InChI is InChI=1S/C8H17N3O3/c1-5(4-12)3-10-7(13)6(2)11-8(9)14/h5-6,12H,3-4H2,1-2H3,(H,10,13)(H3,9,11,14). The Balaban J connectivity index is 3.78. The van der Waals surface area contributed by atoms with Gasteiger partial charge in [-0.05, 0) is 12.8 Å². The van der Waals surface area contributed by atoms with Crippen molar-refractivity contribution >= 4 is 11.9 Å². The molecule has 3 amide bonds. The molecule has 0 saturated heterocycles. The van der Waals surface area contributed by atoms with Gasteiger partial charge < -0.3 is 21.5 Å². The van der Waals surface area contributed by atoms with Crippen molar-refractivity contribution in [2.24, 2.45) is 11.7 Å². The largest absolute Gasteiger partial charge is 0.396 e. The van der Waals surface area contributed by atoms with Crippen LogP contribution in [0.5, 0.6) is 0 Å². The highest BCUT2D eigenvalue weighted by Crippen LogP contribution is 1.89. The summed E-state index contributed by atoms with van der Waals surface area (Å²) in [4.78, 5) is 21.6. The molecule has 5 N–H and O–H groups in total. The topological polar surface area (TPSA) is 104 Å². The molecule has 0 saturated carbocycles. The summed E-state index contributed by atoms with van der Waals surface area (Å²) >= 11 is 0. The Hall–Kier alpha value is -1.30. The molecule has 6 heteroatoms. The van der Waals surface area contributed by atoms with E-state index in [1.54, 1.807) is 6.92 Å². The van der Waals surface area contributed by atoms with Crippen LogP contribution in [-0.2, 0) is 4.79 Å². The number of amides is 3. The molecule has 0 aliphatic carbocycles. The first-order valence-electron chi connectivity index (χ1n) is 4.42. The molecule has 0 aromatic carbocycles. The number of aliphatic hydroxyl groups is 1. The summed E-state index contributed by atoms with van der Waals surface area (Å²) in [6, 6.07) is -1.39. The average Bonchev–Trinajstić information content (AvgIpc) is 2.12. The van der Waals surface area contributed by atoms with Crippen molar-refractivity contribution in [3.63, 3.8) is 0 Å². The second-order valence-electron chi connectivity index (χ2n) is 3.26. The summed E-state index contributed by atoms with van der Waals surface area (Å²) in [5.74, 6) is -0.316. The molecular formula is C8H17N3O3. The van der Waals surface area contributed by atoms with Crippen molar-refractivity contribution in [2.75, 3.05) is 13.2 Å². The first-order chi connectivity index (χ1) is 6.47. The smallest absolute Gasteiger partial charge is 0.312 e. The van der Waals surface area contributed by atoms with E-state index in [0.29, 0.717) is 6.54 Å². The molecule has 0 rings (SSSR count). The third kappa shape index (κ3) is 5.36. The Morgan fingerprint density at radius 1 is 1.43 bits per heavy atom. The van der Waals surface area contributed by atoms with E-state index in [2.05, 4.69) is 10.6 Å². The van der Waals surface area contributed by atoms with Crippen molar-refractivity contribution in [1.29, 1.82) is 0 Å². The number of primary amides is 1. The summed E-state index contributed by atoms with van der Waals surface area (Å²) in [7, 11) is 0. The second-order valence-corrected chi connectivity index (χ2v) is 3.26. The van der Waals surface area contributed by atoms with E-state index in [9.17, 15) is 9.59 Å². The van der Waals surface area contributed by atoms with Gasteiger partial charge in [-0.1, -0.05) is 6.92 Å². The van der Waals surface area contributed by atoms with Crippen LogP contribution in [0.2, 0.25) is 0 Å². The van der Waals surface area contributed by atoms with Crippen molar-refractivity contribution in [1.82, 2.24) is 10.6 Å². The number of carbonyl (C=O) groups excluding carboxylic acids is 2. The fourth-order valence-electron chi connectivity index (χ4n) is 0.771. The summed E-state index contributed by atoms with van der Waals surface area (Å²) in [5, 5.41) is 13.5. The molecular weight excluding hydrogens is 186 g/mol. The van der Waals surface area contributed by atoms with Crippen molar-refractivity contribution in [2.45, 2.75) is 19.9 Å². The first-order valence-corrected chi connectivity index (χ1v) is 4.42. The number of hydrogen-bond donors (Lipinski definition) is 4. The van der Waals surface area contributed by atoms with Gasteiger partial charge in [0.2, 0.25) is 5.91 Å². The zero-order valence-corrected chi connectivity index (χ0v) is 8.41. The molecule has 0 radical (unpaired) electrons. The van der Waals surface area contributed by atoms with Gasteiger partial charge in [-0.3, -0.25) is 4.79 Å². The van der Waals surface area contributed by atoms with Crippen LogP contribution in [0.4, 0.5) is 4.79 Å². The molecule has 0 bridgehead atoms. The van der Waals surface area contributed by atoms with E-state index < -0.39 is 12.1 Å². The molecule has 6 nitrogen and oxygen atoms in total. The van der Waals surface area contributed by atoms with Crippen LogP contribution >= 0.6 is 0 Å². The van der Waals surface area contributed by atoms with Crippen LogP contribution < -0.4 is 16.4 Å². The van der Waals surface area contributed by atoms with E-state index in [1.165, 1.54) is 6.92 Å². The zero-order chi connectivity index (χ0) is 11.1. The molecule has 0 fully saturated rings. The van der Waals surface area contributed by atoms with Crippen LogP contribution in [0, 0.1) is 5.92 Å². The summed E-state index contributed by atoms with van der Waals surface area (Å²) in [5.41, 5.74) is 4.84. The lowest BCUT2D eigenvalue weighted by Crippen LogP contribution is -2.47. The van der Waals surface area contributed by atoms with Crippen LogP contribution in [0.25, 0.3) is 0 Å². The van der Waals surface area contributed by atoms with Gasteiger partial charge in [-0.2, -0.15) is 0 Å². The van der Waals surface area contributed by atoms with Crippen LogP contribution in [0.15, 0.2) is 0 Å². The summed E-state index contributed by atoms with van der Waals surface area (Å²) in [6.45, 7) is 3.72. The Bertz CT molecular complexity index is 208. The van der Waals surface area contributed by atoms with E-state index in [1.807, 2.05) is 0 Å². The van der Waals surface area contributed by atoms with Crippen LogP contribution in [0.1, 0.15) is 13.8 Å². The Morgan fingerprint density at radius 3 is 2.43 bits per heavy atom. The molecule has 0 aliphatic rings. The molecule has 0 aromatic heterocycles. The number of rotatable bonds is 5. The Labute approximate surface area is 82.9 Å². The van der Waals surface area contributed by atoms with E-state index in [4.69, 9.17) is 10.8 Å². The van der Waals surface area contributed by atoms with Gasteiger partial charge >= 0.3 is 6.03 Å². The molecule has 0 aliphatic heterocycles. The van der Waals surface area contributed by atoms with Crippen molar-refractivity contribution in [3.05, 3.63) is 0 Å². The summed E-state index contributed by atoms with van der Waals surface area (Å²) in [6.07, 6.45) is 0. The maximum atomic E-state index is 11.2.